The topological polar surface area (TPSA) is 55.6 Å². The number of rotatable bonds is 1. The zero-order valence-corrected chi connectivity index (χ0v) is 8.17. The van der Waals surface area contributed by atoms with Crippen molar-refractivity contribution in [2.75, 3.05) is 11.9 Å². The molecule has 0 fully saturated rings. The Labute approximate surface area is 87.1 Å². The lowest BCUT2D eigenvalue weighted by Crippen LogP contribution is -2.24. The van der Waals surface area contributed by atoms with E-state index in [0.29, 0.717) is 0 Å². The Hall–Kier alpha value is -1.91. The number of anilines is 1. The van der Waals surface area contributed by atoms with Gasteiger partial charge in [-0.15, -0.1) is 0 Å². The Bertz CT molecular complexity index is 450. The number of benzene rings is 1. The lowest BCUT2D eigenvalue weighted by atomic mass is 10.0. The molecule has 1 aromatic heterocycles. The number of hydrogen-bond donors (Lipinski definition) is 1. The van der Waals surface area contributed by atoms with Gasteiger partial charge in [0.2, 0.25) is 5.95 Å². The van der Waals surface area contributed by atoms with Gasteiger partial charge in [-0.3, -0.25) is 0 Å². The van der Waals surface area contributed by atoms with Gasteiger partial charge in [0.15, 0.2) is 0 Å². The van der Waals surface area contributed by atoms with Crippen molar-refractivity contribution >= 4 is 5.95 Å². The number of tetrazole rings is 1. The number of aromatic nitrogens is 4. The molecule has 2 heterocycles. The first kappa shape index (κ1) is 8.40. The zero-order chi connectivity index (χ0) is 10.1. The molecule has 5 nitrogen and oxygen atoms in total. The van der Waals surface area contributed by atoms with Gasteiger partial charge in [0.05, 0.1) is 6.04 Å². The lowest BCUT2D eigenvalue weighted by Gasteiger charge is -2.23. The molecule has 0 bridgehead atoms. The van der Waals surface area contributed by atoms with Gasteiger partial charge in [-0.05, 0) is 22.4 Å². The van der Waals surface area contributed by atoms with Crippen molar-refractivity contribution in [3.05, 3.63) is 35.9 Å². The van der Waals surface area contributed by atoms with E-state index in [1.54, 1.807) is 0 Å². The van der Waals surface area contributed by atoms with E-state index in [9.17, 15) is 0 Å². The van der Waals surface area contributed by atoms with Crippen LogP contribution in [0.25, 0.3) is 0 Å². The normalized spacial score (nSPS) is 19.3. The maximum atomic E-state index is 4.01. The van der Waals surface area contributed by atoms with E-state index in [2.05, 4.69) is 33.0 Å². The minimum atomic E-state index is 0.262. The first-order chi connectivity index (χ1) is 7.45. The Balaban J connectivity index is 2.03. The predicted molar refractivity (Wildman–Crippen MR) is 55.5 cm³/mol. The van der Waals surface area contributed by atoms with E-state index in [4.69, 9.17) is 0 Å². The van der Waals surface area contributed by atoms with Gasteiger partial charge in [0.1, 0.15) is 0 Å². The fourth-order valence-corrected chi connectivity index (χ4v) is 1.95. The summed E-state index contributed by atoms with van der Waals surface area (Å²) in [7, 11) is 0. The molecular weight excluding hydrogens is 190 g/mol. The molecule has 0 radical (unpaired) electrons. The predicted octanol–water partition coefficient (Wildman–Crippen LogP) is 1.08. The average molecular weight is 201 g/mol. The summed E-state index contributed by atoms with van der Waals surface area (Å²) >= 11 is 0. The van der Waals surface area contributed by atoms with Crippen LogP contribution in [0, 0.1) is 0 Å². The summed E-state index contributed by atoms with van der Waals surface area (Å²) in [6.45, 7) is 0.917. The van der Waals surface area contributed by atoms with Crippen molar-refractivity contribution in [3.8, 4) is 0 Å². The third-order valence-corrected chi connectivity index (χ3v) is 2.67. The third kappa shape index (κ3) is 1.36. The van der Waals surface area contributed by atoms with Crippen molar-refractivity contribution in [2.45, 2.75) is 12.5 Å². The molecule has 0 amide bonds. The molecule has 76 valence electrons. The van der Waals surface area contributed by atoms with E-state index < -0.39 is 0 Å². The highest BCUT2D eigenvalue weighted by molar-refractivity contribution is 5.30. The molecule has 0 saturated carbocycles. The van der Waals surface area contributed by atoms with Crippen molar-refractivity contribution in [3.63, 3.8) is 0 Å². The molecule has 3 rings (SSSR count). The largest absolute Gasteiger partial charge is 0.353 e. The molecule has 1 aliphatic rings. The lowest BCUT2D eigenvalue weighted by molar-refractivity contribution is 0.469. The summed E-state index contributed by atoms with van der Waals surface area (Å²) in [5.41, 5.74) is 1.26. The number of nitrogens with zero attached hydrogens (tertiary/aromatic N) is 4. The first-order valence-electron chi connectivity index (χ1n) is 5.02. The van der Waals surface area contributed by atoms with Gasteiger partial charge in [-0.2, -0.15) is 0 Å². The van der Waals surface area contributed by atoms with Crippen LogP contribution in [0.1, 0.15) is 18.0 Å². The summed E-state index contributed by atoms with van der Waals surface area (Å²) in [5, 5.41) is 14.8. The third-order valence-electron chi connectivity index (χ3n) is 2.67. The van der Waals surface area contributed by atoms with Crippen molar-refractivity contribution in [2.24, 2.45) is 0 Å². The standard InChI is InChI=1S/C10H11N5/c1-2-4-8(5-3-1)9-6-7-11-10-12-13-14-15(9)10/h1-5,9H,6-7H2,(H,11,12,14). The van der Waals surface area contributed by atoms with Crippen LogP contribution in [-0.4, -0.2) is 26.8 Å². The van der Waals surface area contributed by atoms with Crippen LogP contribution in [0.15, 0.2) is 30.3 Å². The second-order valence-corrected chi connectivity index (χ2v) is 3.59. The Morgan fingerprint density at radius 1 is 1.27 bits per heavy atom. The Kier molecular flexibility index (Phi) is 1.87. The van der Waals surface area contributed by atoms with Gasteiger partial charge in [0.25, 0.3) is 0 Å². The highest BCUT2D eigenvalue weighted by Gasteiger charge is 2.22. The van der Waals surface area contributed by atoms with Crippen LogP contribution in [-0.2, 0) is 0 Å². The zero-order valence-electron chi connectivity index (χ0n) is 8.17. The molecule has 5 heteroatoms. The van der Waals surface area contributed by atoms with Crippen LogP contribution >= 0.6 is 0 Å². The van der Waals surface area contributed by atoms with E-state index in [-0.39, 0.29) is 6.04 Å². The molecule has 0 saturated heterocycles. The van der Waals surface area contributed by atoms with E-state index >= 15 is 0 Å². The Morgan fingerprint density at radius 3 is 3.00 bits per heavy atom. The highest BCUT2D eigenvalue weighted by Crippen LogP contribution is 2.26. The molecule has 15 heavy (non-hydrogen) atoms. The van der Waals surface area contributed by atoms with Gasteiger partial charge >= 0.3 is 0 Å². The van der Waals surface area contributed by atoms with Gasteiger partial charge in [-0.25, -0.2) is 4.68 Å². The molecule has 2 aromatic rings. The van der Waals surface area contributed by atoms with Crippen LogP contribution in [0.3, 0.4) is 0 Å². The summed E-state index contributed by atoms with van der Waals surface area (Å²) in [6, 6.07) is 10.6. The molecule has 1 N–H and O–H groups in total. The molecule has 1 atom stereocenters. The quantitative estimate of drug-likeness (QED) is 0.750. The fraction of sp³-hybridized carbons (Fsp3) is 0.300. The summed E-state index contributed by atoms with van der Waals surface area (Å²) in [4.78, 5) is 0. The number of fused-ring (bicyclic) bond motifs is 1. The van der Waals surface area contributed by atoms with E-state index in [1.165, 1.54) is 5.56 Å². The van der Waals surface area contributed by atoms with Gasteiger partial charge < -0.3 is 5.32 Å². The fourth-order valence-electron chi connectivity index (χ4n) is 1.95. The molecule has 0 spiro atoms. The van der Waals surface area contributed by atoms with Crippen LogP contribution in [0.4, 0.5) is 5.95 Å². The summed E-state index contributed by atoms with van der Waals surface area (Å²) in [5.74, 6) is 0.759. The second kappa shape index (κ2) is 3.34. The van der Waals surface area contributed by atoms with Crippen molar-refractivity contribution in [1.82, 2.24) is 20.2 Å². The van der Waals surface area contributed by atoms with Gasteiger partial charge in [-0.1, -0.05) is 35.4 Å². The summed E-state index contributed by atoms with van der Waals surface area (Å²) < 4.78 is 1.85. The van der Waals surface area contributed by atoms with E-state index in [0.717, 1.165) is 18.9 Å². The highest BCUT2D eigenvalue weighted by atomic mass is 15.6. The van der Waals surface area contributed by atoms with Gasteiger partial charge in [0, 0.05) is 6.54 Å². The van der Waals surface area contributed by atoms with E-state index in [1.807, 2.05) is 22.9 Å². The first-order valence-corrected chi connectivity index (χ1v) is 5.02. The Morgan fingerprint density at radius 2 is 2.13 bits per heavy atom. The summed E-state index contributed by atoms with van der Waals surface area (Å²) in [6.07, 6.45) is 1.02. The van der Waals surface area contributed by atoms with Crippen molar-refractivity contribution in [1.29, 1.82) is 0 Å². The van der Waals surface area contributed by atoms with Crippen molar-refractivity contribution < 1.29 is 0 Å². The molecule has 1 unspecified atom stereocenters. The maximum absolute atomic E-state index is 4.01. The molecule has 1 aromatic carbocycles. The smallest absolute Gasteiger partial charge is 0.243 e. The average Bonchev–Trinajstić information content (AvgIpc) is 2.78. The molecule has 0 aliphatic carbocycles. The minimum absolute atomic E-state index is 0.262. The maximum Gasteiger partial charge on any atom is 0.243 e. The van der Waals surface area contributed by atoms with Crippen LogP contribution in [0.5, 0.6) is 0 Å². The number of nitrogens with one attached hydrogen (secondary N) is 1. The molecular formula is C10H11N5. The number of hydrogen-bond acceptors (Lipinski definition) is 4. The monoisotopic (exact) mass is 201 g/mol. The van der Waals surface area contributed by atoms with Crippen LogP contribution in [0.2, 0.25) is 0 Å². The second-order valence-electron chi connectivity index (χ2n) is 3.59. The minimum Gasteiger partial charge on any atom is -0.353 e. The molecule has 1 aliphatic heterocycles. The van der Waals surface area contributed by atoms with Crippen LogP contribution < -0.4 is 5.32 Å². The SMILES string of the molecule is c1ccc(C2CCNc3nnnn32)cc1.